The molecule has 0 fully saturated rings. The van der Waals surface area contributed by atoms with Crippen LogP contribution in [0, 0.1) is 0 Å². The molecule has 0 aliphatic carbocycles. The van der Waals surface area contributed by atoms with Crippen molar-refractivity contribution in [2.75, 3.05) is 6.61 Å². The van der Waals surface area contributed by atoms with Gasteiger partial charge in [-0.15, -0.1) is 6.58 Å². The van der Waals surface area contributed by atoms with Crippen molar-refractivity contribution in [1.82, 2.24) is 0 Å². The topological polar surface area (TPSA) is 43.4 Å². The lowest BCUT2D eigenvalue weighted by molar-refractivity contribution is -0.154. The first-order valence-electron chi connectivity index (χ1n) is 5.57. The Morgan fingerprint density at radius 3 is 2.53 bits per heavy atom. The minimum absolute atomic E-state index is 0.209. The van der Waals surface area contributed by atoms with Crippen LogP contribution in [0.4, 0.5) is 0 Å². The Bertz CT molecular complexity index is 395. The van der Waals surface area contributed by atoms with E-state index in [-0.39, 0.29) is 6.61 Å². The molecule has 0 spiro atoms. The molecular weight excluding hydrogens is 216 g/mol. The van der Waals surface area contributed by atoms with E-state index in [1.807, 2.05) is 30.3 Å². The smallest absolute Gasteiger partial charge is 0.375 e. The van der Waals surface area contributed by atoms with E-state index in [9.17, 15) is 9.59 Å². The highest BCUT2D eigenvalue weighted by Crippen LogP contribution is 2.21. The third kappa shape index (κ3) is 3.55. The highest BCUT2D eigenvalue weighted by Gasteiger charge is 2.26. The van der Waals surface area contributed by atoms with E-state index in [0.29, 0.717) is 6.42 Å². The van der Waals surface area contributed by atoms with Crippen molar-refractivity contribution >= 4 is 11.8 Å². The molecule has 3 nitrogen and oxygen atoms in total. The monoisotopic (exact) mass is 232 g/mol. The van der Waals surface area contributed by atoms with E-state index in [2.05, 4.69) is 6.58 Å². The summed E-state index contributed by atoms with van der Waals surface area (Å²) < 4.78 is 4.73. The Kier molecular flexibility index (Phi) is 5.14. The summed E-state index contributed by atoms with van der Waals surface area (Å²) in [7, 11) is 0. The largest absolute Gasteiger partial charge is 0.460 e. The van der Waals surface area contributed by atoms with Gasteiger partial charge in [0.25, 0.3) is 0 Å². The number of ketones is 1. The van der Waals surface area contributed by atoms with Crippen LogP contribution in [0.25, 0.3) is 0 Å². The summed E-state index contributed by atoms with van der Waals surface area (Å²) in [4.78, 5) is 23.3. The van der Waals surface area contributed by atoms with Crippen molar-refractivity contribution in [2.24, 2.45) is 0 Å². The molecule has 3 heteroatoms. The van der Waals surface area contributed by atoms with Crippen LogP contribution in [0.15, 0.2) is 43.0 Å². The summed E-state index contributed by atoms with van der Waals surface area (Å²) >= 11 is 0. The molecule has 1 rings (SSSR count). The van der Waals surface area contributed by atoms with Crippen LogP contribution in [0.3, 0.4) is 0 Å². The van der Waals surface area contributed by atoms with Gasteiger partial charge < -0.3 is 4.74 Å². The molecule has 17 heavy (non-hydrogen) atoms. The minimum atomic E-state index is -0.775. The third-order valence-electron chi connectivity index (χ3n) is 2.40. The van der Waals surface area contributed by atoms with Gasteiger partial charge >= 0.3 is 5.97 Å². The average molecular weight is 232 g/mol. The minimum Gasteiger partial charge on any atom is -0.460 e. The second kappa shape index (κ2) is 6.63. The van der Waals surface area contributed by atoms with E-state index in [0.717, 1.165) is 5.56 Å². The first kappa shape index (κ1) is 13.2. The Morgan fingerprint density at radius 2 is 2.00 bits per heavy atom. The zero-order valence-corrected chi connectivity index (χ0v) is 9.89. The predicted molar refractivity (Wildman–Crippen MR) is 65.6 cm³/mol. The molecule has 0 bridgehead atoms. The lowest BCUT2D eigenvalue weighted by atomic mass is 9.91. The number of carbonyl (C=O) groups is 2. The molecule has 1 aromatic carbocycles. The number of Topliss-reactive ketones (excluding diaryl/α,β-unsaturated/α-hetero) is 1. The van der Waals surface area contributed by atoms with Crippen molar-refractivity contribution in [1.29, 1.82) is 0 Å². The van der Waals surface area contributed by atoms with Crippen molar-refractivity contribution in [3.8, 4) is 0 Å². The molecule has 90 valence electrons. The Hall–Kier alpha value is -1.90. The van der Waals surface area contributed by atoms with Crippen molar-refractivity contribution < 1.29 is 14.3 Å². The quantitative estimate of drug-likeness (QED) is 0.430. The fraction of sp³-hybridized carbons (Fsp3) is 0.286. The summed E-state index contributed by atoms with van der Waals surface area (Å²) in [6.45, 7) is 5.49. The number of rotatable bonds is 6. The summed E-state index contributed by atoms with van der Waals surface area (Å²) in [5, 5.41) is 0. The molecule has 0 heterocycles. The van der Waals surface area contributed by atoms with Gasteiger partial charge in [0.2, 0.25) is 5.78 Å². The molecule has 1 atom stereocenters. The highest BCUT2D eigenvalue weighted by molar-refractivity contribution is 6.35. The Balaban J connectivity index is 2.90. The number of esters is 1. The Labute approximate surface area is 101 Å². The third-order valence-corrected chi connectivity index (χ3v) is 2.40. The molecule has 0 saturated carbocycles. The number of allylic oxidation sites excluding steroid dienone is 1. The van der Waals surface area contributed by atoms with Gasteiger partial charge in [-0.3, -0.25) is 4.79 Å². The number of hydrogen-bond donors (Lipinski definition) is 0. The van der Waals surface area contributed by atoms with Crippen LogP contribution in [-0.4, -0.2) is 18.4 Å². The highest BCUT2D eigenvalue weighted by atomic mass is 16.5. The van der Waals surface area contributed by atoms with Gasteiger partial charge in [-0.2, -0.15) is 0 Å². The van der Waals surface area contributed by atoms with Crippen LogP contribution in [-0.2, 0) is 14.3 Å². The molecule has 1 aromatic rings. The van der Waals surface area contributed by atoms with E-state index >= 15 is 0 Å². The first-order valence-corrected chi connectivity index (χ1v) is 5.57. The summed E-state index contributed by atoms with van der Waals surface area (Å²) in [6.07, 6.45) is 2.07. The summed E-state index contributed by atoms with van der Waals surface area (Å²) in [6, 6.07) is 9.19. The van der Waals surface area contributed by atoms with E-state index in [1.54, 1.807) is 13.0 Å². The maximum absolute atomic E-state index is 11.9. The molecular formula is C14H16O3. The van der Waals surface area contributed by atoms with Crippen molar-refractivity contribution in [3.63, 3.8) is 0 Å². The molecule has 0 aliphatic heterocycles. The van der Waals surface area contributed by atoms with Crippen molar-refractivity contribution in [3.05, 3.63) is 48.6 Å². The zero-order valence-electron chi connectivity index (χ0n) is 9.89. The standard InChI is InChI=1S/C14H16O3/c1-3-8-12(11-9-6-5-7-10-11)13(15)14(16)17-4-2/h3,5-7,9-10,12H,1,4,8H2,2H3. The van der Waals surface area contributed by atoms with Crippen LogP contribution < -0.4 is 0 Å². The number of ether oxygens (including phenoxy) is 1. The molecule has 1 unspecified atom stereocenters. The normalized spacial score (nSPS) is 11.6. The van der Waals surface area contributed by atoms with Gasteiger partial charge in [0.05, 0.1) is 12.5 Å². The van der Waals surface area contributed by atoms with E-state index < -0.39 is 17.7 Å². The molecule has 0 aliphatic rings. The van der Waals surface area contributed by atoms with E-state index in [4.69, 9.17) is 4.74 Å². The van der Waals surface area contributed by atoms with Crippen LogP contribution in [0.2, 0.25) is 0 Å². The van der Waals surface area contributed by atoms with Gasteiger partial charge in [0.1, 0.15) is 0 Å². The first-order chi connectivity index (χ1) is 8.20. The fourth-order valence-electron chi connectivity index (χ4n) is 1.59. The lowest BCUT2D eigenvalue weighted by Crippen LogP contribution is -2.24. The maximum Gasteiger partial charge on any atom is 0.375 e. The predicted octanol–water partition coefficient (Wildman–Crippen LogP) is 2.48. The summed E-state index contributed by atoms with van der Waals surface area (Å²) in [5.41, 5.74) is 0.811. The Morgan fingerprint density at radius 1 is 1.35 bits per heavy atom. The van der Waals surface area contributed by atoms with Crippen molar-refractivity contribution in [2.45, 2.75) is 19.3 Å². The van der Waals surface area contributed by atoms with Gasteiger partial charge in [0, 0.05) is 0 Å². The SMILES string of the molecule is C=CCC(C(=O)C(=O)OCC)c1ccccc1. The second-order valence-electron chi connectivity index (χ2n) is 3.57. The zero-order chi connectivity index (χ0) is 12.7. The number of benzene rings is 1. The average Bonchev–Trinajstić information content (AvgIpc) is 2.36. The fourth-order valence-corrected chi connectivity index (χ4v) is 1.59. The van der Waals surface area contributed by atoms with Crippen LogP contribution in [0.5, 0.6) is 0 Å². The molecule has 0 amide bonds. The molecule has 0 radical (unpaired) electrons. The summed E-state index contributed by atoms with van der Waals surface area (Å²) in [5.74, 6) is -1.78. The van der Waals surface area contributed by atoms with Gasteiger partial charge in [0.15, 0.2) is 0 Å². The lowest BCUT2D eigenvalue weighted by Gasteiger charge is -2.13. The van der Waals surface area contributed by atoms with Gasteiger partial charge in [-0.1, -0.05) is 36.4 Å². The second-order valence-corrected chi connectivity index (χ2v) is 3.57. The van der Waals surface area contributed by atoms with Crippen LogP contribution >= 0.6 is 0 Å². The molecule has 0 aromatic heterocycles. The molecule has 0 saturated heterocycles. The number of hydrogen-bond acceptors (Lipinski definition) is 3. The number of carbonyl (C=O) groups excluding carboxylic acids is 2. The van der Waals surface area contributed by atoms with Crippen LogP contribution in [0.1, 0.15) is 24.8 Å². The van der Waals surface area contributed by atoms with Gasteiger partial charge in [-0.25, -0.2) is 4.79 Å². The maximum atomic E-state index is 11.9. The van der Waals surface area contributed by atoms with E-state index in [1.165, 1.54) is 0 Å². The molecule has 0 N–H and O–H groups in total. The van der Waals surface area contributed by atoms with Gasteiger partial charge in [-0.05, 0) is 18.9 Å².